The van der Waals surface area contributed by atoms with Gasteiger partial charge in [0.25, 0.3) is 5.91 Å². The lowest BCUT2D eigenvalue weighted by Crippen LogP contribution is -2.14. The van der Waals surface area contributed by atoms with Crippen molar-refractivity contribution in [2.75, 3.05) is 12.4 Å². The van der Waals surface area contributed by atoms with Gasteiger partial charge in [0, 0.05) is 11.3 Å². The Bertz CT molecular complexity index is 1520. The highest BCUT2D eigenvalue weighted by Crippen LogP contribution is 2.30. The highest BCUT2D eigenvalue weighted by molar-refractivity contribution is 6.10. The van der Waals surface area contributed by atoms with Gasteiger partial charge in [-0.1, -0.05) is 72.3 Å². The average molecular weight is 519 g/mol. The van der Waals surface area contributed by atoms with Crippen LogP contribution in [0, 0.1) is 25.2 Å². The predicted molar refractivity (Wildman–Crippen MR) is 153 cm³/mol. The molecule has 6 nitrogen and oxygen atoms in total. The minimum Gasteiger partial charge on any atom is -0.493 e. The Morgan fingerprint density at radius 1 is 0.821 bits per heavy atom. The Labute approximate surface area is 229 Å². The van der Waals surface area contributed by atoms with Crippen LogP contribution in [0.4, 0.5) is 5.69 Å². The van der Waals surface area contributed by atoms with Gasteiger partial charge in [-0.25, -0.2) is 0 Å². The first-order valence-electron chi connectivity index (χ1n) is 12.5. The number of nitrogens with zero attached hydrogens (tertiary/aromatic N) is 1. The van der Waals surface area contributed by atoms with Gasteiger partial charge in [0.15, 0.2) is 11.5 Å². The van der Waals surface area contributed by atoms with Crippen LogP contribution in [0.5, 0.6) is 17.2 Å². The Morgan fingerprint density at radius 3 is 2.28 bits per heavy atom. The summed E-state index contributed by atoms with van der Waals surface area (Å²) in [7, 11) is 1.60. The summed E-state index contributed by atoms with van der Waals surface area (Å²) in [6, 6.07) is 30.6. The van der Waals surface area contributed by atoms with Crippen molar-refractivity contribution < 1.29 is 19.0 Å². The molecule has 0 saturated heterocycles. The zero-order valence-corrected chi connectivity index (χ0v) is 22.2. The molecule has 6 heteroatoms. The summed E-state index contributed by atoms with van der Waals surface area (Å²) in [5.74, 6) is 1.32. The average Bonchev–Trinajstić information content (AvgIpc) is 2.96. The van der Waals surface area contributed by atoms with E-state index >= 15 is 0 Å². The second-order valence-corrected chi connectivity index (χ2v) is 9.03. The molecule has 0 atom stereocenters. The van der Waals surface area contributed by atoms with Crippen LogP contribution in [-0.4, -0.2) is 13.0 Å². The van der Waals surface area contributed by atoms with Crippen LogP contribution < -0.4 is 19.5 Å². The van der Waals surface area contributed by atoms with Crippen molar-refractivity contribution in [1.29, 1.82) is 5.26 Å². The van der Waals surface area contributed by atoms with Gasteiger partial charge in [-0.15, -0.1) is 0 Å². The Morgan fingerprint density at radius 2 is 1.54 bits per heavy atom. The molecule has 1 amide bonds. The molecule has 1 N–H and O–H groups in total. The van der Waals surface area contributed by atoms with Crippen LogP contribution in [0.3, 0.4) is 0 Å². The summed E-state index contributed by atoms with van der Waals surface area (Å²) in [4.78, 5) is 12.9. The van der Waals surface area contributed by atoms with Gasteiger partial charge in [-0.05, 0) is 60.9 Å². The van der Waals surface area contributed by atoms with Gasteiger partial charge >= 0.3 is 0 Å². The molecule has 0 aliphatic rings. The summed E-state index contributed by atoms with van der Waals surface area (Å²) in [6.45, 7) is 4.60. The number of carbonyl (C=O) groups is 1. The molecular weight excluding hydrogens is 488 g/mol. The fourth-order valence-electron chi connectivity index (χ4n) is 4.00. The molecule has 0 aliphatic carbocycles. The molecule has 196 valence electrons. The molecular formula is C33H30N2O4. The first-order valence-corrected chi connectivity index (χ1v) is 12.5. The summed E-state index contributed by atoms with van der Waals surface area (Å²) in [6.07, 6.45) is 1.54. The molecule has 4 aromatic rings. The van der Waals surface area contributed by atoms with Gasteiger partial charge in [0.2, 0.25) is 0 Å². The van der Waals surface area contributed by atoms with Crippen LogP contribution in [-0.2, 0) is 18.0 Å². The number of anilines is 1. The van der Waals surface area contributed by atoms with Gasteiger partial charge in [0.1, 0.15) is 30.6 Å². The first-order chi connectivity index (χ1) is 19.0. The predicted octanol–water partition coefficient (Wildman–Crippen LogP) is 7.02. The fourth-order valence-corrected chi connectivity index (χ4v) is 4.00. The minimum atomic E-state index is -0.477. The minimum absolute atomic E-state index is 0.0207. The number of ether oxygens (including phenoxy) is 3. The van der Waals surface area contributed by atoms with E-state index in [0.717, 1.165) is 22.3 Å². The standard InChI is InChI=1S/C33H30N2O4/c1-23-13-15-29(24(2)17-23)35-33(36)28(20-34)19-27-11-7-8-12-30(27)38-22-26-14-16-31(32(18-26)37-3)39-21-25-9-5-4-6-10-25/h4-19H,21-22H2,1-3H3,(H,35,36)/b28-19+. The third-order valence-corrected chi connectivity index (χ3v) is 6.07. The molecule has 0 heterocycles. The van der Waals surface area contributed by atoms with Crippen LogP contribution in [0.15, 0.2) is 96.6 Å². The van der Waals surface area contributed by atoms with Crippen molar-refractivity contribution >= 4 is 17.7 Å². The molecule has 0 fully saturated rings. The number of aryl methyl sites for hydroxylation is 2. The topological polar surface area (TPSA) is 80.6 Å². The van der Waals surface area contributed by atoms with E-state index in [1.165, 1.54) is 6.08 Å². The SMILES string of the molecule is COc1cc(COc2ccccc2/C=C(\C#N)C(=O)Nc2ccc(C)cc2C)ccc1OCc1ccccc1. The van der Waals surface area contributed by atoms with Crippen LogP contribution in [0.1, 0.15) is 27.8 Å². The van der Waals surface area contributed by atoms with E-state index in [9.17, 15) is 10.1 Å². The van der Waals surface area contributed by atoms with E-state index in [2.05, 4.69) is 5.32 Å². The second kappa shape index (κ2) is 13.0. The number of carbonyl (C=O) groups excluding carboxylic acids is 1. The van der Waals surface area contributed by atoms with E-state index in [4.69, 9.17) is 14.2 Å². The van der Waals surface area contributed by atoms with Crippen molar-refractivity contribution in [3.8, 4) is 23.3 Å². The zero-order chi connectivity index (χ0) is 27.6. The Kier molecular flexibility index (Phi) is 8.99. The van der Waals surface area contributed by atoms with E-state index < -0.39 is 5.91 Å². The lowest BCUT2D eigenvalue weighted by Gasteiger charge is -2.14. The van der Waals surface area contributed by atoms with E-state index in [0.29, 0.717) is 35.1 Å². The van der Waals surface area contributed by atoms with Crippen molar-refractivity contribution in [2.24, 2.45) is 0 Å². The van der Waals surface area contributed by atoms with Crippen LogP contribution in [0.25, 0.3) is 6.08 Å². The molecule has 0 aliphatic heterocycles. The number of amides is 1. The van der Waals surface area contributed by atoms with Crippen molar-refractivity contribution in [1.82, 2.24) is 0 Å². The summed E-state index contributed by atoms with van der Waals surface area (Å²) in [5.41, 5.74) is 5.24. The van der Waals surface area contributed by atoms with Crippen LogP contribution >= 0.6 is 0 Å². The molecule has 0 bridgehead atoms. The van der Waals surface area contributed by atoms with Crippen molar-refractivity contribution in [3.05, 3.63) is 124 Å². The van der Waals surface area contributed by atoms with E-state index in [1.54, 1.807) is 19.2 Å². The molecule has 39 heavy (non-hydrogen) atoms. The Balaban J connectivity index is 1.46. The van der Waals surface area contributed by atoms with Crippen LogP contribution in [0.2, 0.25) is 0 Å². The smallest absolute Gasteiger partial charge is 0.266 e. The summed E-state index contributed by atoms with van der Waals surface area (Å²) >= 11 is 0. The Hall–Kier alpha value is -5.02. The first kappa shape index (κ1) is 27.0. The van der Waals surface area contributed by atoms with Crippen molar-refractivity contribution in [3.63, 3.8) is 0 Å². The lowest BCUT2D eigenvalue weighted by atomic mass is 10.1. The molecule has 0 saturated carbocycles. The van der Waals surface area contributed by atoms with Crippen molar-refractivity contribution in [2.45, 2.75) is 27.1 Å². The van der Waals surface area contributed by atoms with E-state index in [1.807, 2.05) is 98.8 Å². The largest absolute Gasteiger partial charge is 0.493 e. The van der Waals surface area contributed by atoms with Gasteiger partial charge in [0.05, 0.1) is 7.11 Å². The van der Waals surface area contributed by atoms with Gasteiger partial charge in [-0.3, -0.25) is 4.79 Å². The van der Waals surface area contributed by atoms with E-state index in [-0.39, 0.29) is 12.2 Å². The fraction of sp³-hybridized carbons (Fsp3) is 0.152. The zero-order valence-electron chi connectivity index (χ0n) is 22.2. The number of rotatable bonds is 10. The summed E-state index contributed by atoms with van der Waals surface area (Å²) < 4.78 is 17.6. The third kappa shape index (κ3) is 7.27. The number of hydrogen-bond acceptors (Lipinski definition) is 5. The maximum atomic E-state index is 12.9. The number of benzene rings is 4. The second-order valence-electron chi connectivity index (χ2n) is 9.03. The molecule has 0 aromatic heterocycles. The monoisotopic (exact) mass is 518 g/mol. The molecule has 0 spiro atoms. The number of para-hydroxylation sites is 1. The molecule has 0 unspecified atom stereocenters. The lowest BCUT2D eigenvalue weighted by molar-refractivity contribution is -0.112. The molecule has 4 aromatic carbocycles. The quantitative estimate of drug-likeness (QED) is 0.180. The number of methoxy groups -OCH3 is 1. The third-order valence-electron chi connectivity index (χ3n) is 6.07. The number of nitriles is 1. The molecule has 4 rings (SSSR count). The number of nitrogens with one attached hydrogen (secondary N) is 1. The highest BCUT2D eigenvalue weighted by Gasteiger charge is 2.13. The summed E-state index contributed by atoms with van der Waals surface area (Å²) in [5, 5.41) is 12.5. The number of hydrogen-bond donors (Lipinski definition) is 1. The maximum Gasteiger partial charge on any atom is 0.266 e. The maximum absolute atomic E-state index is 12.9. The van der Waals surface area contributed by atoms with Gasteiger partial charge < -0.3 is 19.5 Å². The normalized spacial score (nSPS) is 10.9. The molecule has 0 radical (unpaired) electrons. The van der Waals surface area contributed by atoms with Gasteiger partial charge in [-0.2, -0.15) is 5.26 Å². The highest BCUT2D eigenvalue weighted by atomic mass is 16.5.